The molecule has 1 rings (SSSR count). The Morgan fingerprint density at radius 3 is 2.69 bits per heavy atom. The van der Waals surface area contributed by atoms with Crippen LogP contribution in [0.5, 0.6) is 5.75 Å². The maximum absolute atomic E-state index is 10.3. The Kier molecular flexibility index (Phi) is 2.74. The average molecular weight is 203 g/mol. The van der Waals surface area contributed by atoms with Gasteiger partial charge in [-0.1, -0.05) is 6.07 Å². The summed E-state index contributed by atoms with van der Waals surface area (Å²) < 4.78 is 33.2. The zero-order valence-corrected chi connectivity index (χ0v) is 7.71. The highest BCUT2D eigenvalue weighted by Crippen LogP contribution is 2.17. The van der Waals surface area contributed by atoms with Crippen LogP contribution in [-0.4, -0.2) is 20.0 Å². The minimum Gasteiger partial charge on any atom is -0.388 e. The number of hydrogen-bond donors (Lipinski definition) is 2. The Hall–Kier alpha value is -1.27. The molecule has 13 heavy (non-hydrogen) atoms. The van der Waals surface area contributed by atoms with Crippen LogP contribution in [0.2, 0.25) is 0 Å². The molecule has 0 fully saturated rings. The van der Waals surface area contributed by atoms with Crippen LogP contribution >= 0.6 is 0 Å². The Morgan fingerprint density at radius 2 is 2.15 bits per heavy atom. The van der Waals surface area contributed by atoms with Crippen LogP contribution in [0.4, 0.5) is 5.69 Å². The highest BCUT2D eigenvalue weighted by molar-refractivity contribution is 7.81. The normalized spacial score (nSPS) is 10.9. The van der Waals surface area contributed by atoms with Crippen molar-refractivity contribution in [1.82, 2.24) is 0 Å². The fourth-order valence-electron chi connectivity index (χ4n) is 0.825. The maximum Gasteiger partial charge on any atom is 0.446 e. The molecule has 0 saturated heterocycles. The standard InChI is InChI=1S/C7H9NO4S/c1-8-6-3-2-4-7(5-6)12-13(9,10)11/h2-5,8H,1H3,(H,9,10,11). The van der Waals surface area contributed by atoms with Gasteiger partial charge in [0.15, 0.2) is 0 Å². The zero-order valence-electron chi connectivity index (χ0n) is 6.89. The largest absolute Gasteiger partial charge is 0.446 e. The predicted octanol–water partition coefficient (Wildman–Crippen LogP) is 0.910. The Bertz CT molecular complexity index is 387. The smallest absolute Gasteiger partial charge is 0.388 e. The van der Waals surface area contributed by atoms with Gasteiger partial charge in [0.1, 0.15) is 5.75 Å². The summed E-state index contributed by atoms with van der Waals surface area (Å²) in [6.07, 6.45) is 0. The third kappa shape index (κ3) is 3.30. The van der Waals surface area contributed by atoms with Crippen molar-refractivity contribution >= 4 is 16.1 Å². The van der Waals surface area contributed by atoms with Crippen LogP contribution in [0, 0.1) is 0 Å². The molecule has 6 heteroatoms. The second-order valence-electron chi connectivity index (χ2n) is 2.29. The van der Waals surface area contributed by atoms with Gasteiger partial charge < -0.3 is 9.50 Å². The van der Waals surface area contributed by atoms with Crippen molar-refractivity contribution in [3.63, 3.8) is 0 Å². The van der Waals surface area contributed by atoms with Gasteiger partial charge in [-0.3, -0.25) is 4.55 Å². The highest BCUT2D eigenvalue weighted by Gasteiger charge is 2.06. The molecule has 0 radical (unpaired) electrons. The van der Waals surface area contributed by atoms with Crippen LogP contribution in [0.3, 0.4) is 0 Å². The fourth-order valence-corrected chi connectivity index (χ4v) is 1.17. The number of benzene rings is 1. The van der Waals surface area contributed by atoms with Gasteiger partial charge in [0.05, 0.1) is 0 Å². The SMILES string of the molecule is CNc1cccc(OS(=O)(=O)O)c1. The van der Waals surface area contributed by atoms with Gasteiger partial charge >= 0.3 is 10.4 Å². The van der Waals surface area contributed by atoms with Gasteiger partial charge in [0.2, 0.25) is 0 Å². The topological polar surface area (TPSA) is 75.6 Å². The Morgan fingerprint density at radius 1 is 1.46 bits per heavy atom. The third-order valence-corrected chi connectivity index (χ3v) is 1.73. The first-order valence-corrected chi connectivity index (χ1v) is 4.82. The number of anilines is 1. The molecule has 72 valence electrons. The first-order chi connectivity index (χ1) is 6.01. The van der Waals surface area contributed by atoms with Crippen molar-refractivity contribution in [2.45, 2.75) is 0 Å². The second-order valence-corrected chi connectivity index (χ2v) is 3.31. The molecule has 5 nitrogen and oxygen atoms in total. The molecule has 0 bridgehead atoms. The molecule has 0 amide bonds. The van der Waals surface area contributed by atoms with E-state index in [1.807, 2.05) is 0 Å². The number of hydrogen-bond acceptors (Lipinski definition) is 4. The summed E-state index contributed by atoms with van der Waals surface area (Å²) in [4.78, 5) is 0. The minimum atomic E-state index is -4.43. The van der Waals surface area contributed by atoms with E-state index in [-0.39, 0.29) is 5.75 Å². The van der Waals surface area contributed by atoms with E-state index in [1.54, 1.807) is 19.2 Å². The van der Waals surface area contributed by atoms with Crippen LogP contribution < -0.4 is 9.50 Å². The first kappa shape index (κ1) is 9.82. The van der Waals surface area contributed by atoms with Gasteiger partial charge in [-0.05, 0) is 12.1 Å². The minimum absolute atomic E-state index is 0.0642. The summed E-state index contributed by atoms with van der Waals surface area (Å²) in [5.41, 5.74) is 0.696. The molecule has 0 aromatic heterocycles. The monoisotopic (exact) mass is 203 g/mol. The van der Waals surface area contributed by atoms with Gasteiger partial charge in [0, 0.05) is 18.8 Å². The van der Waals surface area contributed by atoms with E-state index in [4.69, 9.17) is 4.55 Å². The van der Waals surface area contributed by atoms with E-state index in [0.29, 0.717) is 5.69 Å². The lowest BCUT2D eigenvalue weighted by Crippen LogP contribution is -2.06. The molecule has 0 aliphatic carbocycles. The first-order valence-electron chi connectivity index (χ1n) is 3.46. The second kappa shape index (κ2) is 3.63. The van der Waals surface area contributed by atoms with Crippen molar-refractivity contribution in [2.75, 3.05) is 12.4 Å². The molecule has 0 aliphatic rings. The van der Waals surface area contributed by atoms with Crippen LogP contribution in [0.15, 0.2) is 24.3 Å². The fraction of sp³-hybridized carbons (Fsp3) is 0.143. The molecule has 0 atom stereocenters. The molecule has 0 heterocycles. The molecule has 0 unspecified atom stereocenters. The van der Waals surface area contributed by atoms with Gasteiger partial charge in [-0.25, -0.2) is 0 Å². The number of rotatable bonds is 3. The lowest BCUT2D eigenvalue weighted by Gasteiger charge is -2.03. The molecule has 0 saturated carbocycles. The number of nitrogens with one attached hydrogen (secondary N) is 1. The molecule has 1 aromatic carbocycles. The van der Waals surface area contributed by atoms with E-state index in [2.05, 4.69) is 9.50 Å². The highest BCUT2D eigenvalue weighted by atomic mass is 32.3. The molecule has 2 N–H and O–H groups in total. The maximum atomic E-state index is 10.3. The van der Waals surface area contributed by atoms with Crippen LogP contribution in [0.25, 0.3) is 0 Å². The summed E-state index contributed by atoms with van der Waals surface area (Å²) in [5.74, 6) is 0.0642. The molecule has 0 spiro atoms. The van der Waals surface area contributed by atoms with Gasteiger partial charge in [-0.2, -0.15) is 8.42 Å². The summed E-state index contributed by atoms with van der Waals surface area (Å²) >= 11 is 0. The third-order valence-electron chi connectivity index (χ3n) is 1.32. The molecular weight excluding hydrogens is 194 g/mol. The zero-order chi connectivity index (χ0) is 9.90. The van der Waals surface area contributed by atoms with E-state index >= 15 is 0 Å². The lowest BCUT2D eigenvalue weighted by molar-refractivity contribution is 0.387. The van der Waals surface area contributed by atoms with Crippen molar-refractivity contribution in [2.24, 2.45) is 0 Å². The summed E-state index contributed by atoms with van der Waals surface area (Å²) in [6, 6.07) is 6.21. The summed E-state index contributed by atoms with van der Waals surface area (Å²) in [5, 5.41) is 2.80. The van der Waals surface area contributed by atoms with Crippen molar-refractivity contribution in [1.29, 1.82) is 0 Å². The summed E-state index contributed by atoms with van der Waals surface area (Å²) in [7, 11) is -2.74. The van der Waals surface area contributed by atoms with Crippen molar-refractivity contribution in [3.8, 4) is 5.75 Å². The Labute approximate surface area is 76.3 Å². The predicted molar refractivity (Wildman–Crippen MR) is 48.2 cm³/mol. The van der Waals surface area contributed by atoms with Crippen LogP contribution in [0.1, 0.15) is 0 Å². The van der Waals surface area contributed by atoms with E-state index in [1.165, 1.54) is 12.1 Å². The molecular formula is C7H9NO4S. The van der Waals surface area contributed by atoms with E-state index < -0.39 is 10.4 Å². The quantitative estimate of drug-likeness (QED) is 0.714. The average Bonchev–Trinajstić information content (AvgIpc) is 2.01. The van der Waals surface area contributed by atoms with E-state index in [9.17, 15) is 8.42 Å². The van der Waals surface area contributed by atoms with Crippen molar-refractivity contribution < 1.29 is 17.2 Å². The summed E-state index contributed by atoms with van der Waals surface area (Å²) in [6.45, 7) is 0. The lowest BCUT2D eigenvalue weighted by atomic mass is 10.3. The van der Waals surface area contributed by atoms with E-state index in [0.717, 1.165) is 0 Å². The van der Waals surface area contributed by atoms with Gasteiger partial charge in [0.25, 0.3) is 0 Å². The Balaban J connectivity index is 2.90. The molecule has 1 aromatic rings. The van der Waals surface area contributed by atoms with Crippen LogP contribution in [-0.2, 0) is 10.4 Å². The van der Waals surface area contributed by atoms with Crippen molar-refractivity contribution in [3.05, 3.63) is 24.3 Å². The van der Waals surface area contributed by atoms with Gasteiger partial charge in [-0.15, -0.1) is 0 Å². The molecule has 0 aliphatic heterocycles.